The van der Waals surface area contributed by atoms with Crippen molar-refractivity contribution in [1.82, 2.24) is 0 Å². The van der Waals surface area contributed by atoms with E-state index in [1.54, 1.807) is 0 Å². The number of hydrogen-bond donors (Lipinski definition) is 0. The molecule has 10 heavy (non-hydrogen) atoms. The molecule has 0 nitrogen and oxygen atoms in total. The minimum atomic E-state index is 1.25. The lowest BCUT2D eigenvalue weighted by Gasteiger charge is -2.03. The van der Waals surface area contributed by atoms with Gasteiger partial charge in [0.2, 0.25) is 0 Å². The number of hydrogen-bond acceptors (Lipinski definition) is 0. The van der Waals surface area contributed by atoms with Crippen molar-refractivity contribution in [3.05, 3.63) is 15.7 Å². The van der Waals surface area contributed by atoms with E-state index in [1.807, 2.05) is 0 Å². The van der Waals surface area contributed by atoms with Crippen LogP contribution < -0.4 is 15.9 Å². The summed E-state index contributed by atoms with van der Waals surface area (Å²) in [5.41, 5.74) is 0. The van der Waals surface area contributed by atoms with Crippen LogP contribution in [-0.2, 0) is 0 Å². The van der Waals surface area contributed by atoms with Crippen molar-refractivity contribution in [2.24, 2.45) is 0 Å². The maximum Gasteiger partial charge on any atom is 0.0279 e. The Bertz CT molecular complexity index is 232. The van der Waals surface area contributed by atoms with E-state index in [2.05, 4.69) is 62.4 Å². The molecule has 0 spiro atoms. The molecule has 54 valence electrons. The smallest absolute Gasteiger partial charge is 0.0279 e. The van der Waals surface area contributed by atoms with Crippen molar-refractivity contribution in [3.63, 3.8) is 0 Å². The van der Waals surface area contributed by atoms with Crippen molar-refractivity contribution >= 4 is 66.2 Å². The number of benzene rings is 1. The molecule has 3 atom stereocenters. The summed E-state index contributed by atoms with van der Waals surface area (Å²) >= 11 is 2.34. The third kappa shape index (κ3) is 1.89. The highest BCUT2D eigenvalue weighted by atomic mass is 127. The molecular weight excluding hydrogens is 292 g/mol. The van der Waals surface area contributed by atoms with E-state index in [-0.39, 0.29) is 0 Å². The minimum Gasteiger partial charge on any atom is -0.105 e. The lowest BCUT2D eigenvalue weighted by Crippen LogP contribution is -2.20. The molecule has 0 heterocycles. The van der Waals surface area contributed by atoms with Crippen LogP contribution in [0, 0.1) is 3.57 Å². The summed E-state index contributed by atoms with van der Waals surface area (Å²) in [5.74, 6) is 0. The van der Waals surface area contributed by atoms with E-state index in [0.717, 1.165) is 0 Å². The molecule has 0 aliphatic carbocycles. The van der Waals surface area contributed by atoms with Crippen LogP contribution >= 0.6 is 50.3 Å². The second-order valence-corrected chi connectivity index (χ2v) is 4.87. The summed E-state index contributed by atoms with van der Waals surface area (Å²) in [4.78, 5) is 0. The van der Waals surface area contributed by atoms with Crippen molar-refractivity contribution in [3.8, 4) is 0 Å². The first-order chi connectivity index (χ1) is 4.63. The van der Waals surface area contributed by atoms with Gasteiger partial charge in [0.05, 0.1) is 0 Å². The van der Waals surface area contributed by atoms with Crippen molar-refractivity contribution < 1.29 is 0 Å². The third-order valence-electron chi connectivity index (χ3n) is 1.24. The van der Waals surface area contributed by atoms with Crippen LogP contribution in [0.15, 0.2) is 12.1 Å². The highest BCUT2D eigenvalue weighted by molar-refractivity contribution is 14.1. The van der Waals surface area contributed by atoms with Crippen LogP contribution in [0.2, 0.25) is 0 Å². The maximum absolute atomic E-state index is 2.74. The summed E-state index contributed by atoms with van der Waals surface area (Å²) < 4.78 is 1.31. The van der Waals surface area contributed by atoms with Crippen molar-refractivity contribution in [2.75, 3.05) is 0 Å². The Morgan fingerprint density at radius 2 is 1.50 bits per heavy atom. The standard InChI is InChI=1S/C6H8IP3/c7-5-3(8)1-2-4(9)6(5)10/h1-2H,8-10H2. The molecule has 1 aromatic carbocycles. The van der Waals surface area contributed by atoms with Gasteiger partial charge in [-0.2, -0.15) is 0 Å². The lowest BCUT2D eigenvalue weighted by atomic mass is 10.4. The van der Waals surface area contributed by atoms with Crippen LogP contribution in [0.5, 0.6) is 0 Å². The second-order valence-electron chi connectivity index (χ2n) is 1.97. The Labute approximate surface area is 81.7 Å². The highest BCUT2D eigenvalue weighted by Gasteiger charge is 1.99. The van der Waals surface area contributed by atoms with E-state index in [1.165, 1.54) is 19.5 Å². The van der Waals surface area contributed by atoms with Gasteiger partial charge >= 0.3 is 0 Å². The van der Waals surface area contributed by atoms with Gasteiger partial charge in [-0.15, -0.1) is 27.7 Å². The molecule has 0 saturated carbocycles. The summed E-state index contributed by atoms with van der Waals surface area (Å²) in [5, 5.41) is 3.79. The summed E-state index contributed by atoms with van der Waals surface area (Å²) in [6.45, 7) is 0. The number of rotatable bonds is 0. The molecule has 0 saturated heterocycles. The van der Waals surface area contributed by atoms with Crippen LogP contribution in [-0.4, -0.2) is 0 Å². The molecule has 0 N–H and O–H groups in total. The van der Waals surface area contributed by atoms with Crippen LogP contribution in [0.4, 0.5) is 0 Å². The van der Waals surface area contributed by atoms with Gasteiger partial charge in [0.25, 0.3) is 0 Å². The monoisotopic (exact) mass is 300 g/mol. The van der Waals surface area contributed by atoms with E-state index < -0.39 is 0 Å². The van der Waals surface area contributed by atoms with Gasteiger partial charge < -0.3 is 0 Å². The first-order valence-electron chi connectivity index (χ1n) is 2.72. The third-order valence-corrected chi connectivity index (χ3v) is 5.56. The van der Waals surface area contributed by atoms with Crippen LogP contribution in [0.25, 0.3) is 0 Å². The molecule has 0 aliphatic heterocycles. The molecule has 4 heteroatoms. The van der Waals surface area contributed by atoms with E-state index in [9.17, 15) is 0 Å². The summed E-state index contributed by atoms with van der Waals surface area (Å²) in [6, 6.07) is 4.19. The normalized spacial score (nSPS) is 10.0. The maximum atomic E-state index is 2.74. The van der Waals surface area contributed by atoms with E-state index in [0.29, 0.717) is 0 Å². The summed E-state index contributed by atoms with van der Waals surface area (Å²) in [7, 11) is 8.16. The molecule has 0 aromatic heterocycles. The molecular formula is C6H8IP3. The fourth-order valence-corrected chi connectivity index (χ4v) is 2.33. The number of halogens is 1. The quantitative estimate of drug-likeness (QED) is 0.491. The first-order valence-corrected chi connectivity index (χ1v) is 5.53. The zero-order chi connectivity index (χ0) is 7.72. The van der Waals surface area contributed by atoms with E-state index in [4.69, 9.17) is 0 Å². The molecule has 3 unspecified atom stereocenters. The van der Waals surface area contributed by atoms with Gasteiger partial charge in [-0.05, 0) is 38.5 Å². The van der Waals surface area contributed by atoms with E-state index >= 15 is 0 Å². The van der Waals surface area contributed by atoms with Gasteiger partial charge in [-0.25, -0.2) is 0 Å². The molecule has 0 radical (unpaired) electrons. The average Bonchev–Trinajstić information content (AvgIpc) is 1.93. The average molecular weight is 300 g/mol. The molecule has 0 fully saturated rings. The minimum absolute atomic E-state index is 1.25. The second kappa shape index (κ2) is 3.76. The highest BCUT2D eigenvalue weighted by Crippen LogP contribution is 2.05. The Balaban J connectivity index is 3.34. The first kappa shape index (κ1) is 9.33. The molecule has 0 aliphatic rings. The van der Waals surface area contributed by atoms with Gasteiger partial charge in [-0.1, -0.05) is 12.1 Å². The fraction of sp³-hybridized carbons (Fsp3) is 0. The molecule has 0 amide bonds. The Hall–Kier alpha value is 1.24. The topological polar surface area (TPSA) is 0 Å². The Kier molecular flexibility index (Phi) is 3.51. The van der Waals surface area contributed by atoms with Gasteiger partial charge in [0.15, 0.2) is 0 Å². The molecule has 1 rings (SSSR count). The molecule has 1 aromatic rings. The van der Waals surface area contributed by atoms with Gasteiger partial charge in [0, 0.05) is 3.57 Å². The lowest BCUT2D eigenvalue weighted by molar-refractivity contribution is 1.86. The van der Waals surface area contributed by atoms with Crippen LogP contribution in [0.3, 0.4) is 0 Å². The predicted molar refractivity (Wildman–Crippen MR) is 67.2 cm³/mol. The van der Waals surface area contributed by atoms with Crippen molar-refractivity contribution in [2.45, 2.75) is 0 Å². The molecule has 0 bridgehead atoms. The zero-order valence-electron chi connectivity index (χ0n) is 5.26. The zero-order valence-corrected chi connectivity index (χ0v) is 10.9. The largest absolute Gasteiger partial charge is 0.105 e. The SMILES string of the molecule is Pc1ccc(P)c(I)c1P. The van der Waals surface area contributed by atoms with Gasteiger partial charge in [-0.3, -0.25) is 0 Å². The Morgan fingerprint density at radius 1 is 1.00 bits per heavy atom. The van der Waals surface area contributed by atoms with Gasteiger partial charge in [0.1, 0.15) is 0 Å². The predicted octanol–water partition coefficient (Wildman–Crippen LogP) is 0.792. The summed E-state index contributed by atoms with van der Waals surface area (Å²) in [6.07, 6.45) is 0. The van der Waals surface area contributed by atoms with Crippen molar-refractivity contribution in [1.29, 1.82) is 0 Å². The fourth-order valence-electron chi connectivity index (χ4n) is 0.625. The van der Waals surface area contributed by atoms with Crippen LogP contribution in [0.1, 0.15) is 0 Å². The Morgan fingerprint density at radius 3 is 2.00 bits per heavy atom.